The Bertz CT molecular complexity index is 163. The molecule has 1 aliphatic rings. The van der Waals surface area contributed by atoms with E-state index in [1.807, 2.05) is 11.8 Å². The number of hydrogen-bond acceptors (Lipinski definition) is 3. The van der Waals surface area contributed by atoms with Crippen molar-refractivity contribution in [3.63, 3.8) is 0 Å². The van der Waals surface area contributed by atoms with Crippen molar-refractivity contribution in [3.05, 3.63) is 0 Å². The van der Waals surface area contributed by atoms with Crippen LogP contribution < -0.4 is 5.32 Å². The van der Waals surface area contributed by atoms with Gasteiger partial charge >= 0.3 is 5.97 Å². The van der Waals surface area contributed by atoms with Crippen LogP contribution in [0, 0.1) is 0 Å². The van der Waals surface area contributed by atoms with Crippen LogP contribution in [0.2, 0.25) is 0 Å². The fourth-order valence-corrected chi connectivity index (χ4v) is 2.58. The van der Waals surface area contributed by atoms with Gasteiger partial charge in [-0.3, -0.25) is 4.79 Å². The zero-order chi connectivity index (χ0) is 8.97. The highest BCUT2D eigenvalue weighted by Gasteiger charge is 2.21. The van der Waals surface area contributed by atoms with Crippen LogP contribution in [0.5, 0.6) is 0 Å². The first-order valence-corrected chi connectivity index (χ1v) is 5.32. The van der Waals surface area contributed by atoms with Gasteiger partial charge in [-0.15, -0.1) is 0 Å². The van der Waals surface area contributed by atoms with E-state index < -0.39 is 5.97 Å². The minimum atomic E-state index is -0.766. The molecule has 0 aliphatic carbocycles. The minimum absolute atomic E-state index is 0.0928. The molecule has 0 saturated carbocycles. The predicted molar refractivity (Wildman–Crippen MR) is 50.6 cm³/mol. The van der Waals surface area contributed by atoms with Gasteiger partial charge in [0.15, 0.2) is 0 Å². The third kappa shape index (κ3) is 3.03. The van der Waals surface area contributed by atoms with E-state index in [4.69, 9.17) is 5.11 Å². The number of aliphatic carboxylic acids is 1. The van der Waals surface area contributed by atoms with Crippen molar-refractivity contribution in [2.45, 2.75) is 31.1 Å². The van der Waals surface area contributed by atoms with Crippen molar-refractivity contribution in [2.24, 2.45) is 0 Å². The number of carbonyl (C=O) groups is 1. The van der Waals surface area contributed by atoms with Crippen molar-refractivity contribution in [2.75, 3.05) is 12.3 Å². The molecule has 1 rings (SSSR count). The highest BCUT2D eigenvalue weighted by atomic mass is 32.2. The summed E-state index contributed by atoms with van der Waals surface area (Å²) < 4.78 is 0. The van der Waals surface area contributed by atoms with Crippen LogP contribution in [0.25, 0.3) is 0 Å². The van der Waals surface area contributed by atoms with Crippen molar-refractivity contribution >= 4 is 17.7 Å². The van der Waals surface area contributed by atoms with Gasteiger partial charge in [0, 0.05) is 11.3 Å². The zero-order valence-corrected chi connectivity index (χ0v) is 8.06. The molecule has 1 saturated heterocycles. The molecule has 1 heterocycles. The molecule has 0 radical (unpaired) electrons. The van der Waals surface area contributed by atoms with E-state index in [1.165, 1.54) is 12.2 Å². The molecule has 0 aromatic carbocycles. The first-order valence-electron chi connectivity index (χ1n) is 4.27. The molecule has 3 nitrogen and oxygen atoms in total. The van der Waals surface area contributed by atoms with Gasteiger partial charge in [0.05, 0.1) is 6.54 Å². The van der Waals surface area contributed by atoms with Crippen LogP contribution in [0.15, 0.2) is 0 Å². The normalized spacial score (nSPS) is 30.1. The summed E-state index contributed by atoms with van der Waals surface area (Å²) in [6.07, 6.45) is 2.31. The van der Waals surface area contributed by atoms with Gasteiger partial charge in [-0.05, 0) is 18.6 Å². The molecule has 12 heavy (non-hydrogen) atoms. The average molecular weight is 189 g/mol. The summed E-state index contributed by atoms with van der Waals surface area (Å²) in [6, 6.07) is 0.389. The van der Waals surface area contributed by atoms with Crippen molar-refractivity contribution in [3.8, 4) is 0 Å². The molecule has 0 amide bonds. The lowest BCUT2D eigenvalue weighted by Crippen LogP contribution is -2.41. The number of thioether (sulfide) groups is 1. The third-order valence-corrected chi connectivity index (χ3v) is 3.50. The van der Waals surface area contributed by atoms with Gasteiger partial charge < -0.3 is 10.4 Å². The van der Waals surface area contributed by atoms with E-state index in [1.54, 1.807) is 0 Å². The summed E-state index contributed by atoms with van der Waals surface area (Å²) in [5.74, 6) is 0.449. The van der Waals surface area contributed by atoms with E-state index >= 15 is 0 Å². The molecule has 1 fully saturated rings. The number of nitrogens with one attached hydrogen (secondary N) is 1. The molecular weight excluding hydrogens is 174 g/mol. The minimum Gasteiger partial charge on any atom is -0.480 e. The van der Waals surface area contributed by atoms with E-state index in [2.05, 4.69) is 12.2 Å². The fraction of sp³-hybridized carbons (Fsp3) is 0.875. The predicted octanol–water partition coefficient (Wildman–Crippen LogP) is 0.945. The number of hydrogen-bond donors (Lipinski definition) is 2. The molecule has 2 unspecified atom stereocenters. The molecule has 0 bridgehead atoms. The smallest absolute Gasteiger partial charge is 0.317 e. The summed E-state index contributed by atoms with van der Waals surface area (Å²) >= 11 is 1.92. The summed E-state index contributed by atoms with van der Waals surface area (Å²) in [5.41, 5.74) is 0. The third-order valence-electron chi connectivity index (χ3n) is 2.12. The molecule has 70 valence electrons. The van der Waals surface area contributed by atoms with Crippen LogP contribution in [0.3, 0.4) is 0 Å². The van der Waals surface area contributed by atoms with Crippen LogP contribution >= 0.6 is 11.8 Å². The van der Waals surface area contributed by atoms with Crippen molar-refractivity contribution in [1.82, 2.24) is 5.32 Å². The van der Waals surface area contributed by atoms with Crippen LogP contribution in [-0.4, -0.2) is 34.7 Å². The Kier molecular flexibility index (Phi) is 3.88. The van der Waals surface area contributed by atoms with Crippen molar-refractivity contribution < 1.29 is 9.90 Å². The summed E-state index contributed by atoms with van der Waals surface area (Å²) in [5, 5.41) is 12.1. The van der Waals surface area contributed by atoms with Gasteiger partial charge in [0.25, 0.3) is 0 Å². The first-order chi connectivity index (χ1) is 5.70. The second kappa shape index (κ2) is 4.72. The van der Waals surface area contributed by atoms with Crippen LogP contribution in [0.4, 0.5) is 0 Å². The Labute approximate surface area is 76.9 Å². The lowest BCUT2D eigenvalue weighted by atomic mass is 10.1. The van der Waals surface area contributed by atoms with Crippen LogP contribution in [0.1, 0.15) is 19.8 Å². The Hall–Kier alpha value is -0.220. The SMILES string of the molecule is CC1SCCCC1NCC(=O)O. The number of carboxylic acid groups (broad SMARTS) is 1. The van der Waals surface area contributed by atoms with E-state index in [0.717, 1.165) is 6.42 Å². The highest BCUT2D eigenvalue weighted by Crippen LogP contribution is 2.24. The maximum Gasteiger partial charge on any atom is 0.317 e. The highest BCUT2D eigenvalue weighted by molar-refractivity contribution is 7.99. The first kappa shape index (κ1) is 9.86. The summed E-state index contributed by atoms with van der Waals surface area (Å²) in [6.45, 7) is 2.25. The fourth-order valence-electron chi connectivity index (χ4n) is 1.41. The quantitative estimate of drug-likeness (QED) is 0.694. The molecule has 2 atom stereocenters. The maximum atomic E-state index is 10.3. The average Bonchev–Trinajstić information content (AvgIpc) is 2.03. The Morgan fingerprint density at radius 2 is 2.50 bits per heavy atom. The largest absolute Gasteiger partial charge is 0.480 e. The molecular formula is C8H15NO2S. The number of carboxylic acids is 1. The topological polar surface area (TPSA) is 49.3 Å². The molecule has 4 heteroatoms. The lowest BCUT2D eigenvalue weighted by molar-refractivity contribution is -0.136. The number of rotatable bonds is 3. The maximum absolute atomic E-state index is 10.3. The Balaban J connectivity index is 2.24. The van der Waals surface area contributed by atoms with Gasteiger partial charge in [0.2, 0.25) is 0 Å². The molecule has 2 N–H and O–H groups in total. The zero-order valence-electron chi connectivity index (χ0n) is 7.25. The summed E-state index contributed by atoms with van der Waals surface area (Å²) in [4.78, 5) is 10.3. The Morgan fingerprint density at radius 1 is 1.75 bits per heavy atom. The van der Waals surface area contributed by atoms with Gasteiger partial charge in [-0.25, -0.2) is 0 Å². The van der Waals surface area contributed by atoms with E-state index in [-0.39, 0.29) is 6.54 Å². The Morgan fingerprint density at radius 3 is 3.08 bits per heavy atom. The molecule has 0 spiro atoms. The molecule has 0 aromatic rings. The second-order valence-electron chi connectivity index (χ2n) is 3.10. The van der Waals surface area contributed by atoms with Gasteiger partial charge in [-0.2, -0.15) is 11.8 Å². The summed E-state index contributed by atoms with van der Waals surface area (Å²) in [7, 11) is 0. The lowest BCUT2D eigenvalue weighted by Gasteiger charge is -2.28. The van der Waals surface area contributed by atoms with E-state index in [9.17, 15) is 4.79 Å². The monoisotopic (exact) mass is 189 g/mol. The van der Waals surface area contributed by atoms with Gasteiger partial charge in [0.1, 0.15) is 0 Å². The standard InChI is InChI=1S/C8H15NO2S/c1-6-7(3-2-4-12-6)9-5-8(10)11/h6-7,9H,2-5H2,1H3,(H,10,11). The molecule has 0 aromatic heterocycles. The van der Waals surface area contributed by atoms with Crippen molar-refractivity contribution in [1.29, 1.82) is 0 Å². The van der Waals surface area contributed by atoms with Crippen LogP contribution in [-0.2, 0) is 4.79 Å². The van der Waals surface area contributed by atoms with E-state index in [0.29, 0.717) is 11.3 Å². The molecule has 1 aliphatic heterocycles. The van der Waals surface area contributed by atoms with Gasteiger partial charge in [-0.1, -0.05) is 6.92 Å². The second-order valence-corrected chi connectivity index (χ2v) is 4.58.